The molecule has 0 rings (SSSR count). The molecule has 1 amide bonds. The number of hydrogen-bond acceptors (Lipinski definition) is 1. The van der Waals surface area contributed by atoms with Gasteiger partial charge in [-0.2, -0.15) is 0 Å². The Morgan fingerprint density at radius 3 is 2.45 bits per heavy atom. The van der Waals surface area contributed by atoms with Crippen molar-refractivity contribution in [2.45, 2.75) is 19.8 Å². The van der Waals surface area contributed by atoms with E-state index in [9.17, 15) is 4.79 Å². The van der Waals surface area contributed by atoms with Crippen LogP contribution in [-0.2, 0) is 4.79 Å². The van der Waals surface area contributed by atoms with Crippen molar-refractivity contribution < 1.29 is 4.79 Å². The monoisotopic (exact) mass is 155 g/mol. The fourth-order valence-corrected chi connectivity index (χ4v) is 0.801. The van der Waals surface area contributed by atoms with E-state index in [1.807, 2.05) is 6.08 Å². The average Bonchev–Trinajstić information content (AvgIpc) is 1.99. The third-order valence-corrected chi connectivity index (χ3v) is 1.79. The first kappa shape index (κ1) is 10.2. The summed E-state index contributed by atoms with van der Waals surface area (Å²) >= 11 is 0. The molecule has 0 aromatic carbocycles. The number of rotatable bonds is 4. The summed E-state index contributed by atoms with van der Waals surface area (Å²) in [5, 5.41) is 0. The van der Waals surface area contributed by atoms with Gasteiger partial charge in [-0.25, -0.2) is 0 Å². The molecule has 0 spiro atoms. The number of hydrogen-bond donors (Lipinski definition) is 0. The van der Waals surface area contributed by atoms with E-state index in [0.717, 1.165) is 6.42 Å². The normalized spacial score (nSPS) is 12.3. The molecule has 64 valence electrons. The lowest BCUT2D eigenvalue weighted by molar-refractivity contribution is -0.129. The summed E-state index contributed by atoms with van der Waals surface area (Å²) < 4.78 is 0. The molecule has 2 heteroatoms. The van der Waals surface area contributed by atoms with Crippen LogP contribution >= 0.6 is 0 Å². The van der Waals surface area contributed by atoms with E-state index >= 15 is 0 Å². The predicted molar refractivity (Wildman–Crippen MR) is 47.3 cm³/mol. The first-order chi connectivity index (χ1) is 5.11. The molecule has 0 aromatic rings. The van der Waals surface area contributed by atoms with Gasteiger partial charge in [0.05, 0.1) is 0 Å². The minimum atomic E-state index is 0.178. The maximum atomic E-state index is 11.1. The van der Waals surface area contributed by atoms with Crippen LogP contribution in [0.1, 0.15) is 19.8 Å². The van der Waals surface area contributed by atoms with Crippen molar-refractivity contribution in [2.24, 2.45) is 5.92 Å². The Labute approximate surface area is 68.9 Å². The number of nitrogens with zero attached hydrogens (tertiary/aromatic N) is 1. The Morgan fingerprint density at radius 2 is 2.18 bits per heavy atom. The Bertz CT molecular complexity index is 140. The summed E-state index contributed by atoms with van der Waals surface area (Å²) in [6.45, 7) is 5.74. The second-order valence-electron chi connectivity index (χ2n) is 2.90. The van der Waals surface area contributed by atoms with Crippen LogP contribution in [0.3, 0.4) is 0 Å². The average molecular weight is 155 g/mol. The van der Waals surface area contributed by atoms with E-state index in [0.29, 0.717) is 12.3 Å². The van der Waals surface area contributed by atoms with E-state index in [1.54, 1.807) is 19.0 Å². The highest BCUT2D eigenvalue weighted by atomic mass is 16.2. The van der Waals surface area contributed by atoms with Crippen molar-refractivity contribution in [3.63, 3.8) is 0 Å². The summed E-state index contributed by atoms with van der Waals surface area (Å²) in [4.78, 5) is 12.8. The Morgan fingerprint density at radius 1 is 1.64 bits per heavy atom. The van der Waals surface area contributed by atoms with Crippen LogP contribution in [0, 0.1) is 5.92 Å². The van der Waals surface area contributed by atoms with Crippen molar-refractivity contribution >= 4 is 5.91 Å². The zero-order valence-electron chi connectivity index (χ0n) is 7.63. The molecular weight excluding hydrogens is 138 g/mol. The molecule has 0 aromatic heterocycles. The quantitative estimate of drug-likeness (QED) is 0.566. The van der Waals surface area contributed by atoms with Crippen LogP contribution in [0.15, 0.2) is 12.7 Å². The first-order valence-corrected chi connectivity index (χ1v) is 3.94. The van der Waals surface area contributed by atoms with E-state index in [2.05, 4.69) is 13.5 Å². The van der Waals surface area contributed by atoms with Crippen molar-refractivity contribution in [3.05, 3.63) is 12.7 Å². The molecule has 1 unspecified atom stereocenters. The molecule has 0 saturated carbocycles. The van der Waals surface area contributed by atoms with Crippen molar-refractivity contribution in [2.75, 3.05) is 14.1 Å². The third kappa shape index (κ3) is 3.81. The lowest BCUT2D eigenvalue weighted by Crippen LogP contribution is -2.23. The van der Waals surface area contributed by atoms with Crippen molar-refractivity contribution in [1.29, 1.82) is 0 Å². The van der Waals surface area contributed by atoms with Gasteiger partial charge < -0.3 is 4.90 Å². The molecule has 0 heterocycles. The van der Waals surface area contributed by atoms with Gasteiger partial charge in [0.15, 0.2) is 0 Å². The molecule has 0 fully saturated rings. The predicted octanol–water partition coefficient (Wildman–Crippen LogP) is 1.68. The highest BCUT2D eigenvalue weighted by Crippen LogP contribution is 2.09. The van der Waals surface area contributed by atoms with E-state index in [-0.39, 0.29) is 5.91 Å². The summed E-state index contributed by atoms with van der Waals surface area (Å²) in [7, 11) is 3.55. The molecule has 0 radical (unpaired) electrons. The fraction of sp³-hybridized carbons (Fsp3) is 0.667. The van der Waals surface area contributed by atoms with Gasteiger partial charge in [-0.15, -0.1) is 6.58 Å². The lowest BCUT2D eigenvalue weighted by atomic mass is 10.0. The van der Waals surface area contributed by atoms with Gasteiger partial charge >= 0.3 is 0 Å². The molecular formula is C9H17NO. The molecule has 0 aliphatic heterocycles. The molecule has 11 heavy (non-hydrogen) atoms. The second kappa shape index (κ2) is 4.94. The van der Waals surface area contributed by atoms with E-state index in [1.165, 1.54) is 0 Å². The van der Waals surface area contributed by atoms with Gasteiger partial charge in [-0.3, -0.25) is 4.79 Å². The summed E-state index contributed by atoms with van der Waals surface area (Å²) in [5.74, 6) is 0.515. The molecule has 0 aliphatic rings. The molecule has 0 aliphatic carbocycles. The van der Waals surface area contributed by atoms with Crippen LogP contribution < -0.4 is 0 Å². The van der Waals surface area contributed by atoms with Gasteiger partial charge in [-0.05, 0) is 12.3 Å². The standard InChI is InChI=1S/C9H17NO/c1-5-8(6-2)7-9(11)10(3)4/h5,8H,1,6-7H2,2-4H3. The zero-order chi connectivity index (χ0) is 8.85. The minimum absolute atomic E-state index is 0.178. The number of carbonyl (C=O) groups excluding carboxylic acids is 1. The van der Waals surface area contributed by atoms with Gasteiger partial charge in [0, 0.05) is 20.5 Å². The minimum Gasteiger partial charge on any atom is -0.349 e. The maximum Gasteiger partial charge on any atom is 0.222 e. The topological polar surface area (TPSA) is 20.3 Å². The van der Waals surface area contributed by atoms with Crippen molar-refractivity contribution in [1.82, 2.24) is 4.90 Å². The number of allylic oxidation sites excluding steroid dienone is 1. The van der Waals surface area contributed by atoms with Gasteiger partial charge in [-0.1, -0.05) is 13.0 Å². The Kier molecular flexibility index (Phi) is 4.59. The van der Waals surface area contributed by atoms with E-state index in [4.69, 9.17) is 0 Å². The van der Waals surface area contributed by atoms with Gasteiger partial charge in [0.2, 0.25) is 5.91 Å². The van der Waals surface area contributed by atoms with Crippen LogP contribution in [0.4, 0.5) is 0 Å². The largest absolute Gasteiger partial charge is 0.349 e. The summed E-state index contributed by atoms with van der Waals surface area (Å²) in [6, 6.07) is 0. The SMILES string of the molecule is C=CC(CC)CC(=O)N(C)C. The summed E-state index contributed by atoms with van der Waals surface area (Å²) in [5.41, 5.74) is 0. The van der Waals surface area contributed by atoms with Gasteiger partial charge in [0.1, 0.15) is 0 Å². The smallest absolute Gasteiger partial charge is 0.222 e. The van der Waals surface area contributed by atoms with Crippen LogP contribution in [0.2, 0.25) is 0 Å². The number of carbonyl (C=O) groups is 1. The zero-order valence-corrected chi connectivity index (χ0v) is 7.63. The van der Waals surface area contributed by atoms with Crippen LogP contribution in [0.25, 0.3) is 0 Å². The molecule has 0 N–H and O–H groups in total. The van der Waals surface area contributed by atoms with Gasteiger partial charge in [0.25, 0.3) is 0 Å². The Balaban J connectivity index is 3.81. The fourth-order valence-electron chi connectivity index (χ4n) is 0.801. The third-order valence-electron chi connectivity index (χ3n) is 1.79. The van der Waals surface area contributed by atoms with Crippen LogP contribution in [-0.4, -0.2) is 24.9 Å². The highest BCUT2D eigenvalue weighted by molar-refractivity contribution is 5.75. The lowest BCUT2D eigenvalue weighted by Gasteiger charge is -2.13. The molecule has 1 atom stereocenters. The molecule has 0 saturated heterocycles. The summed E-state index contributed by atoms with van der Waals surface area (Å²) in [6.07, 6.45) is 3.43. The molecule has 2 nitrogen and oxygen atoms in total. The first-order valence-electron chi connectivity index (χ1n) is 3.94. The Hall–Kier alpha value is -0.790. The van der Waals surface area contributed by atoms with Crippen LogP contribution in [0.5, 0.6) is 0 Å². The van der Waals surface area contributed by atoms with E-state index < -0.39 is 0 Å². The highest BCUT2D eigenvalue weighted by Gasteiger charge is 2.09. The second-order valence-corrected chi connectivity index (χ2v) is 2.90. The molecule has 0 bridgehead atoms. The number of amides is 1. The van der Waals surface area contributed by atoms with Crippen molar-refractivity contribution in [3.8, 4) is 0 Å². The maximum absolute atomic E-state index is 11.1.